The van der Waals surface area contributed by atoms with Gasteiger partial charge in [-0.1, -0.05) is 24.3 Å². The van der Waals surface area contributed by atoms with E-state index in [0.717, 1.165) is 48.9 Å². The largest absolute Gasteiger partial charge is 0.496 e. The average Bonchev–Trinajstić information content (AvgIpc) is 2.98. The van der Waals surface area contributed by atoms with E-state index in [9.17, 15) is 0 Å². The molecule has 1 N–H and O–H groups in total. The van der Waals surface area contributed by atoms with Crippen molar-refractivity contribution in [1.82, 2.24) is 5.32 Å². The maximum absolute atomic E-state index is 6.29. The number of piperazine rings is 1. The molecule has 0 bridgehead atoms. The highest BCUT2D eigenvalue weighted by Crippen LogP contribution is 2.27. The second kappa shape index (κ2) is 13.5. The van der Waals surface area contributed by atoms with E-state index in [4.69, 9.17) is 18.9 Å². The van der Waals surface area contributed by atoms with Crippen molar-refractivity contribution >= 4 is 5.69 Å². The van der Waals surface area contributed by atoms with Crippen LogP contribution < -0.4 is 24.4 Å². The van der Waals surface area contributed by atoms with Crippen molar-refractivity contribution in [3.63, 3.8) is 0 Å². The van der Waals surface area contributed by atoms with Gasteiger partial charge in [-0.2, -0.15) is 0 Å². The molecule has 6 nitrogen and oxygen atoms in total. The fourth-order valence-electron chi connectivity index (χ4n) is 5.33. The van der Waals surface area contributed by atoms with Crippen molar-refractivity contribution in [2.45, 2.75) is 44.8 Å². The molecule has 3 aromatic rings. The van der Waals surface area contributed by atoms with Crippen molar-refractivity contribution in [2.24, 2.45) is 0 Å². The summed E-state index contributed by atoms with van der Waals surface area (Å²) in [6, 6.07) is 23.3. The number of anilines is 1. The number of para-hydroxylation sites is 1. The smallest absolute Gasteiger partial charge is 0.124 e. The molecule has 1 saturated heterocycles. The predicted octanol–water partition coefficient (Wildman–Crippen LogP) is 5.42. The molecular formula is C32H40N2O4. The summed E-state index contributed by atoms with van der Waals surface area (Å²) < 4.78 is 23.4. The van der Waals surface area contributed by atoms with Gasteiger partial charge in [0.15, 0.2) is 0 Å². The zero-order chi connectivity index (χ0) is 26.0. The van der Waals surface area contributed by atoms with Crippen LogP contribution in [0.2, 0.25) is 0 Å². The molecule has 1 fully saturated rings. The van der Waals surface area contributed by atoms with Crippen molar-refractivity contribution in [3.05, 3.63) is 83.4 Å². The minimum atomic E-state index is 0.284. The van der Waals surface area contributed by atoms with E-state index in [0.29, 0.717) is 26.4 Å². The molecule has 2 aliphatic rings. The van der Waals surface area contributed by atoms with Crippen molar-refractivity contribution < 1.29 is 18.9 Å². The zero-order valence-electron chi connectivity index (χ0n) is 22.5. The van der Waals surface area contributed by atoms with Crippen LogP contribution in [0.25, 0.3) is 0 Å². The molecule has 38 heavy (non-hydrogen) atoms. The van der Waals surface area contributed by atoms with Crippen molar-refractivity contribution in [3.8, 4) is 17.2 Å². The summed E-state index contributed by atoms with van der Waals surface area (Å²) in [6.45, 7) is 5.32. The lowest BCUT2D eigenvalue weighted by Crippen LogP contribution is -2.54. The molecule has 6 heteroatoms. The van der Waals surface area contributed by atoms with E-state index in [2.05, 4.69) is 52.7 Å². The van der Waals surface area contributed by atoms with Crippen LogP contribution in [0.15, 0.2) is 66.7 Å². The summed E-state index contributed by atoms with van der Waals surface area (Å²) in [5, 5.41) is 3.53. The first-order valence-electron chi connectivity index (χ1n) is 13.9. The first-order valence-corrected chi connectivity index (χ1v) is 13.9. The number of rotatable bonds is 12. The minimum Gasteiger partial charge on any atom is -0.496 e. The van der Waals surface area contributed by atoms with Gasteiger partial charge in [0.1, 0.15) is 23.9 Å². The molecular weight excluding hydrogens is 476 g/mol. The molecule has 0 radical (unpaired) electrons. The molecule has 0 amide bonds. The van der Waals surface area contributed by atoms with Gasteiger partial charge in [-0.3, -0.25) is 0 Å². The summed E-state index contributed by atoms with van der Waals surface area (Å²) in [6.07, 6.45) is 5.80. The Balaban J connectivity index is 1.06. The third kappa shape index (κ3) is 7.00. The Morgan fingerprint density at radius 3 is 2.55 bits per heavy atom. The number of aryl methyl sites for hydroxylation is 2. The lowest BCUT2D eigenvalue weighted by molar-refractivity contribution is 0.105. The lowest BCUT2D eigenvalue weighted by atomic mass is 9.92. The standard InChI is InChI=1S/C32H40N2O4/c1-35-32-10-5-4-9-27(32)23-36-19-6-20-37-30-15-12-28(13-16-30)34-18-17-33-22-29(34)24-38-31-14-11-25-7-2-3-8-26(25)21-31/h4-5,9-16,21,29,33H,2-3,6-8,17-20,22-24H2,1H3/t29-/m1/s1. The molecule has 1 atom stereocenters. The van der Waals surface area contributed by atoms with Crippen molar-refractivity contribution in [2.75, 3.05) is 51.5 Å². The number of nitrogens with zero attached hydrogens (tertiary/aromatic N) is 1. The molecule has 1 aliphatic heterocycles. The molecule has 0 unspecified atom stereocenters. The molecule has 5 rings (SSSR count). The van der Waals surface area contributed by atoms with Crippen LogP contribution in [0, 0.1) is 0 Å². The minimum absolute atomic E-state index is 0.284. The maximum atomic E-state index is 6.29. The molecule has 3 aromatic carbocycles. The Kier molecular flexibility index (Phi) is 9.40. The Bertz CT molecular complexity index is 1150. The van der Waals surface area contributed by atoms with Crippen LogP contribution in [0.3, 0.4) is 0 Å². The highest BCUT2D eigenvalue weighted by Gasteiger charge is 2.23. The monoisotopic (exact) mass is 516 g/mol. The number of fused-ring (bicyclic) bond motifs is 1. The predicted molar refractivity (Wildman–Crippen MR) is 152 cm³/mol. The van der Waals surface area contributed by atoms with E-state index in [1.807, 2.05) is 24.3 Å². The third-order valence-electron chi connectivity index (χ3n) is 7.43. The molecule has 1 heterocycles. The van der Waals surface area contributed by atoms with E-state index < -0.39 is 0 Å². The van der Waals surface area contributed by atoms with Gasteiger partial charge in [-0.05, 0) is 79.3 Å². The fraction of sp³-hybridized carbons (Fsp3) is 0.438. The average molecular weight is 517 g/mol. The summed E-state index contributed by atoms with van der Waals surface area (Å²) >= 11 is 0. The molecule has 1 aliphatic carbocycles. The third-order valence-corrected chi connectivity index (χ3v) is 7.43. The van der Waals surface area contributed by atoms with Gasteiger partial charge >= 0.3 is 0 Å². The highest BCUT2D eigenvalue weighted by atomic mass is 16.5. The first kappa shape index (κ1) is 26.4. The van der Waals surface area contributed by atoms with Crippen LogP contribution in [0.5, 0.6) is 17.2 Å². The second-order valence-electron chi connectivity index (χ2n) is 10.1. The summed E-state index contributed by atoms with van der Waals surface area (Å²) in [4.78, 5) is 2.45. The zero-order valence-corrected chi connectivity index (χ0v) is 22.5. The Morgan fingerprint density at radius 2 is 1.68 bits per heavy atom. The Labute approximate surface area is 226 Å². The normalized spacial score (nSPS) is 17.1. The van der Waals surface area contributed by atoms with E-state index in [1.54, 1.807) is 7.11 Å². The fourth-order valence-corrected chi connectivity index (χ4v) is 5.33. The highest BCUT2D eigenvalue weighted by molar-refractivity contribution is 5.50. The topological polar surface area (TPSA) is 52.2 Å². The van der Waals surface area contributed by atoms with E-state index >= 15 is 0 Å². The molecule has 202 valence electrons. The number of benzene rings is 3. The van der Waals surface area contributed by atoms with Crippen LogP contribution in [-0.2, 0) is 24.2 Å². The summed E-state index contributed by atoms with van der Waals surface area (Å²) in [7, 11) is 1.68. The lowest BCUT2D eigenvalue weighted by Gasteiger charge is -2.38. The number of hydrogen-bond acceptors (Lipinski definition) is 6. The van der Waals surface area contributed by atoms with Crippen LogP contribution in [0.4, 0.5) is 5.69 Å². The van der Waals surface area contributed by atoms with Crippen LogP contribution in [0.1, 0.15) is 36.0 Å². The van der Waals surface area contributed by atoms with Gasteiger partial charge in [-0.25, -0.2) is 0 Å². The van der Waals surface area contributed by atoms with Crippen LogP contribution >= 0.6 is 0 Å². The number of nitrogens with one attached hydrogen (secondary N) is 1. The Hall–Kier alpha value is -3.22. The van der Waals surface area contributed by atoms with E-state index in [-0.39, 0.29) is 6.04 Å². The van der Waals surface area contributed by atoms with Gasteiger partial charge in [0, 0.05) is 37.3 Å². The van der Waals surface area contributed by atoms with Gasteiger partial charge in [-0.15, -0.1) is 0 Å². The van der Waals surface area contributed by atoms with Crippen molar-refractivity contribution in [1.29, 1.82) is 0 Å². The number of methoxy groups -OCH3 is 1. The Morgan fingerprint density at radius 1 is 0.868 bits per heavy atom. The first-order chi connectivity index (χ1) is 18.8. The SMILES string of the molecule is COc1ccccc1COCCCOc1ccc(N2CCNC[C@@H]2COc2ccc3c(c2)CCCC3)cc1. The number of ether oxygens (including phenoxy) is 4. The quantitative estimate of drug-likeness (QED) is 0.325. The van der Waals surface area contributed by atoms with E-state index in [1.165, 1.54) is 42.5 Å². The number of hydrogen-bond donors (Lipinski definition) is 1. The van der Waals surface area contributed by atoms with Gasteiger partial charge in [0.25, 0.3) is 0 Å². The van der Waals surface area contributed by atoms with Crippen LogP contribution in [-0.4, -0.2) is 52.6 Å². The summed E-state index contributed by atoms with van der Waals surface area (Å²) in [5.74, 6) is 2.74. The molecule has 0 saturated carbocycles. The van der Waals surface area contributed by atoms with Gasteiger partial charge < -0.3 is 29.2 Å². The molecule has 0 aromatic heterocycles. The summed E-state index contributed by atoms with van der Waals surface area (Å²) in [5.41, 5.74) is 5.22. The second-order valence-corrected chi connectivity index (χ2v) is 10.1. The van der Waals surface area contributed by atoms with Gasteiger partial charge in [0.2, 0.25) is 0 Å². The molecule has 0 spiro atoms. The maximum Gasteiger partial charge on any atom is 0.124 e. The van der Waals surface area contributed by atoms with Gasteiger partial charge in [0.05, 0.1) is 33.0 Å².